The zero-order valence-corrected chi connectivity index (χ0v) is 10.0. The van der Waals surface area contributed by atoms with Crippen molar-refractivity contribution in [3.63, 3.8) is 0 Å². The van der Waals surface area contributed by atoms with Gasteiger partial charge in [-0.05, 0) is 12.0 Å². The third kappa shape index (κ3) is 1.83. The first-order chi connectivity index (χ1) is 7.63. The summed E-state index contributed by atoms with van der Waals surface area (Å²) in [4.78, 5) is 10.9. The number of halogens is 1. The number of aldehydes is 1. The first kappa shape index (κ1) is 11.1. The first-order valence-electron chi connectivity index (χ1n) is 5.23. The number of hydrogen-bond acceptors (Lipinski definition) is 2. The third-order valence-corrected chi connectivity index (χ3v) is 2.70. The number of fused-ring (bicyclic) bond motifs is 1. The van der Waals surface area contributed by atoms with Gasteiger partial charge in [0.05, 0.1) is 5.52 Å². The Hall–Kier alpha value is -1.35. The predicted molar refractivity (Wildman–Crippen MR) is 65.0 cm³/mol. The van der Waals surface area contributed by atoms with E-state index in [1.807, 2.05) is 16.8 Å². The van der Waals surface area contributed by atoms with Gasteiger partial charge in [-0.2, -0.15) is 5.10 Å². The molecular formula is C12H13ClN2O. The van der Waals surface area contributed by atoms with Crippen molar-refractivity contribution < 1.29 is 4.79 Å². The number of aromatic nitrogens is 2. The van der Waals surface area contributed by atoms with Gasteiger partial charge >= 0.3 is 0 Å². The van der Waals surface area contributed by atoms with Crippen LogP contribution in [0.2, 0.25) is 5.15 Å². The molecule has 0 radical (unpaired) electrons. The number of rotatable bonds is 3. The summed E-state index contributed by atoms with van der Waals surface area (Å²) in [6.07, 6.45) is 0.815. The Balaban J connectivity index is 2.66. The van der Waals surface area contributed by atoms with Gasteiger partial charge in [0, 0.05) is 17.5 Å². The molecule has 1 heterocycles. The number of carbonyl (C=O) groups excluding carboxylic acids is 1. The maximum Gasteiger partial charge on any atom is 0.159 e. The molecule has 1 aromatic carbocycles. The van der Waals surface area contributed by atoms with E-state index in [0.29, 0.717) is 16.6 Å². The van der Waals surface area contributed by atoms with E-state index in [0.717, 1.165) is 23.7 Å². The molecule has 0 aliphatic rings. The number of nitrogens with zero attached hydrogens (tertiary/aromatic N) is 2. The minimum Gasteiger partial charge on any atom is -0.298 e. The molecule has 2 rings (SSSR count). The smallest absolute Gasteiger partial charge is 0.159 e. The Labute approximate surface area is 99.0 Å². The van der Waals surface area contributed by atoms with Crippen LogP contribution in [-0.2, 0) is 6.54 Å². The Kier molecular flexibility index (Phi) is 2.97. The molecule has 4 heteroatoms. The van der Waals surface area contributed by atoms with Crippen LogP contribution in [0.25, 0.3) is 10.9 Å². The van der Waals surface area contributed by atoms with Gasteiger partial charge in [0.15, 0.2) is 11.4 Å². The molecular weight excluding hydrogens is 224 g/mol. The van der Waals surface area contributed by atoms with Gasteiger partial charge in [0.2, 0.25) is 0 Å². The van der Waals surface area contributed by atoms with Crippen LogP contribution in [0.4, 0.5) is 0 Å². The zero-order valence-electron chi connectivity index (χ0n) is 9.27. The molecule has 84 valence electrons. The van der Waals surface area contributed by atoms with Crippen LogP contribution < -0.4 is 0 Å². The van der Waals surface area contributed by atoms with Gasteiger partial charge < -0.3 is 0 Å². The highest BCUT2D eigenvalue weighted by Crippen LogP contribution is 2.26. The van der Waals surface area contributed by atoms with Gasteiger partial charge in [0.1, 0.15) is 0 Å². The molecule has 0 fully saturated rings. The Morgan fingerprint density at radius 2 is 2.25 bits per heavy atom. The topological polar surface area (TPSA) is 34.9 Å². The number of benzene rings is 1. The van der Waals surface area contributed by atoms with Crippen molar-refractivity contribution in [3.8, 4) is 0 Å². The van der Waals surface area contributed by atoms with E-state index in [1.165, 1.54) is 0 Å². The van der Waals surface area contributed by atoms with E-state index in [1.54, 1.807) is 6.07 Å². The molecule has 1 aromatic heterocycles. The minimum atomic E-state index is 0.401. The Morgan fingerprint density at radius 1 is 1.50 bits per heavy atom. The van der Waals surface area contributed by atoms with Gasteiger partial charge in [-0.1, -0.05) is 37.6 Å². The molecule has 0 amide bonds. The third-order valence-electron chi connectivity index (χ3n) is 2.43. The quantitative estimate of drug-likeness (QED) is 0.768. The van der Waals surface area contributed by atoms with Crippen LogP contribution in [0.1, 0.15) is 24.2 Å². The van der Waals surface area contributed by atoms with Crippen molar-refractivity contribution in [3.05, 3.63) is 28.9 Å². The van der Waals surface area contributed by atoms with Gasteiger partial charge in [-0.15, -0.1) is 0 Å². The van der Waals surface area contributed by atoms with Gasteiger partial charge in [-0.25, -0.2) is 0 Å². The maximum absolute atomic E-state index is 10.9. The van der Waals surface area contributed by atoms with Crippen molar-refractivity contribution in [2.24, 2.45) is 5.92 Å². The van der Waals surface area contributed by atoms with Crippen molar-refractivity contribution in [2.75, 3.05) is 0 Å². The highest BCUT2D eigenvalue weighted by atomic mass is 35.5. The number of carbonyl (C=O) groups is 1. The molecule has 0 saturated heterocycles. The predicted octanol–water partition coefficient (Wildman–Crippen LogP) is 3.16. The average molecular weight is 237 g/mol. The van der Waals surface area contributed by atoms with Crippen molar-refractivity contribution in [1.82, 2.24) is 9.78 Å². The van der Waals surface area contributed by atoms with Crippen LogP contribution in [-0.4, -0.2) is 16.1 Å². The van der Waals surface area contributed by atoms with Crippen LogP contribution >= 0.6 is 11.6 Å². The van der Waals surface area contributed by atoms with Crippen molar-refractivity contribution >= 4 is 28.8 Å². The second-order valence-electron chi connectivity index (χ2n) is 4.23. The van der Waals surface area contributed by atoms with Gasteiger partial charge in [0.25, 0.3) is 0 Å². The normalized spacial score (nSPS) is 11.2. The summed E-state index contributed by atoms with van der Waals surface area (Å²) in [7, 11) is 0. The largest absolute Gasteiger partial charge is 0.298 e. The van der Waals surface area contributed by atoms with E-state index in [4.69, 9.17) is 11.6 Å². The molecule has 2 aromatic rings. The van der Waals surface area contributed by atoms with Crippen LogP contribution in [0.15, 0.2) is 18.2 Å². The van der Waals surface area contributed by atoms with Crippen LogP contribution in [0.3, 0.4) is 0 Å². The van der Waals surface area contributed by atoms with Crippen LogP contribution in [0, 0.1) is 5.92 Å². The highest BCUT2D eigenvalue weighted by molar-refractivity contribution is 6.35. The SMILES string of the molecule is CC(C)Cn1nc(Cl)c2c(C=O)cccc21. The maximum atomic E-state index is 10.9. The summed E-state index contributed by atoms with van der Waals surface area (Å²) in [5.74, 6) is 0.485. The fraction of sp³-hybridized carbons (Fsp3) is 0.333. The molecule has 0 atom stereocenters. The summed E-state index contributed by atoms with van der Waals surface area (Å²) in [6.45, 7) is 5.03. The molecule has 0 bridgehead atoms. The average Bonchev–Trinajstić information content (AvgIpc) is 2.55. The Morgan fingerprint density at radius 3 is 2.88 bits per heavy atom. The van der Waals surface area contributed by atoms with E-state index in [9.17, 15) is 4.79 Å². The zero-order chi connectivity index (χ0) is 11.7. The van der Waals surface area contributed by atoms with E-state index < -0.39 is 0 Å². The minimum absolute atomic E-state index is 0.401. The molecule has 0 aliphatic carbocycles. The summed E-state index contributed by atoms with van der Waals surface area (Å²) in [6, 6.07) is 5.53. The fourth-order valence-corrected chi connectivity index (χ4v) is 2.09. The van der Waals surface area contributed by atoms with E-state index >= 15 is 0 Å². The van der Waals surface area contributed by atoms with E-state index in [-0.39, 0.29) is 0 Å². The molecule has 16 heavy (non-hydrogen) atoms. The summed E-state index contributed by atoms with van der Waals surface area (Å²) < 4.78 is 1.86. The van der Waals surface area contributed by atoms with Crippen molar-refractivity contribution in [2.45, 2.75) is 20.4 Å². The molecule has 0 spiro atoms. The van der Waals surface area contributed by atoms with Crippen LogP contribution in [0.5, 0.6) is 0 Å². The summed E-state index contributed by atoms with van der Waals surface area (Å²) in [5, 5.41) is 5.41. The second kappa shape index (κ2) is 4.26. The lowest BCUT2D eigenvalue weighted by Gasteiger charge is -2.06. The lowest BCUT2D eigenvalue weighted by molar-refractivity contribution is 0.112. The molecule has 0 aliphatic heterocycles. The standard InChI is InChI=1S/C12H13ClN2O/c1-8(2)6-15-10-5-3-4-9(7-16)11(10)12(13)14-15/h3-5,7-8H,6H2,1-2H3. The monoisotopic (exact) mass is 236 g/mol. The molecule has 3 nitrogen and oxygen atoms in total. The molecule has 0 N–H and O–H groups in total. The molecule has 0 saturated carbocycles. The molecule has 0 unspecified atom stereocenters. The summed E-state index contributed by atoms with van der Waals surface area (Å²) in [5.41, 5.74) is 1.51. The second-order valence-corrected chi connectivity index (χ2v) is 4.58. The Bertz CT molecular complexity index is 531. The van der Waals surface area contributed by atoms with Gasteiger partial charge in [-0.3, -0.25) is 9.48 Å². The number of hydrogen-bond donors (Lipinski definition) is 0. The van der Waals surface area contributed by atoms with Crippen molar-refractivity contribution in [1.29, 1.82) is 0 Å². The fourth-order valence-electron chi connectivity index (χ4n) is 1.79. The lowest BCUT2D eigenvalue weighted by atomic mass is 10.1. The lowest BCUT2D eigenvalue weighted by Crippen LogP contribution is -2.05. The summed E-state index contributed by atoms with van der Waals surface area (Å²) >= 11 is 6.05. The van der Waals surface area contributed by atoms with E-state index in [2.05, 4.69) is 18.9 Å². The highest BCUT2D eigenvalue weighted by Gasteiger charge is 2.12. The first-order valence-corrected chi connectivity index (χ1v) is 5.61.